The summed E-state index contributed by atoms with van der Waals surface area (Å²) in [4.78, 5) is 11.8. The maximum atomic E-state index is 11.8. The van der Waals surface area contributed by atoms with E-state index in [0.29, 0.717) is 12.0 Å². The lowest BCUT2D eigenvalue weighted by Gasteiger charge is -2.15. The topological polar surface area (TPSA) is 40.9 Å². The number of aryl methyl sites for hydroxylation is 1. The summed E-state index contributed by atoms with van der Waals surface area (Å²) < 4.78 is 0. The molecule has 0 spiro atoms. The maximum Gasteiger partial charge on any atom is 0.190 e. The van der Waals surface area contributed by atoms with Crippen LogP contribution in [0.4, 0.5) is 0 Å². The summed E-state index contributed by atoms with van der Waals surface area (Å²) >= 11 is 0. The molecule has 2 heteroatoms. The average molecular weight is 183 g/mol. The van der Waals surface area contributed by atoms with Crippen LogP contribution in [0.3, 0.4) is 0 Å². The summed E-state index contributed by atoms with van der Waals surface area (Å²) in [6.45, 7) is 0. The number of hydrogen-bond acceptors (Lipinski definition) is 2. The molecule has 0 N–H and O–H groups in total. The smallest absolute Gasteiger partial charge is 0.190 e. The van der Waals surface area contributed by atoms with Crippen molar-refractivity contribution in [2.45, 2.75) is 12.8 Å². The highest BCUT2D eigenvalue weighted by Gasteiger charge is 2.20. The van der Waals surface area contributed by atoms with Crippen molar-refractivity contribution in [1.29, 1.82) is 5.26 Å². The first-order valence-corrected chi connectivity index (χ1v) is 4.54. The van der Waals surface area contributed by atoms with Gasteiger partial charge in [0.1, 0.15) is 0 Å². The molecule has 2 rings (SSSR count). The van der Waals surface area contributed by atoms with Crippen molar-refractivity contribution in [1.82, 2.24) is 0 Å². The van der Waals surface area contributed by atoms with Crippen molar-refractivity contribution >= 4 is 5.78 Å². The normalized spacial score (nSPS) is 17.6. The van der Waals surface area contributed by atoms with Gasteiger partial charge in [-0.3, -0.25) is 4.79 Å². The minimum absolute atomic E-state index is 0.00778. The predicted molar refractivity (Wildman–Crippen MR) is 52.8 cm³/mol. The third-order valence-corrected chi connectivity index (χ3v) is 2.46. The number of Topliss-reactive ketones (excluding diaryl/α,β-unsaturated/α-hetero) is 1. The Morgan fingerprint density at radius 3 is 2.86 bits per heavy atom. The fraction of sp³-hybridized carbons (Fsp3) is 0.167. The predicted octanol–water partition coefficient (Wildman–Crippen LogP) is 2.27. The van der Waals surface area contributed by atoms with Crippen LogP contribution in [0.1, 0.15) is 22.3 Å². The Labute approximate surface area is 82.5 Å². The highest BCUT2D eigenvalue weighted by molar-refractivity contribution is 6.10. The molecule has 0 unspecified atom stereocenters. The van der Waals surface area contributed by atoms with Gasteiger partial charge in [0.05, 0.1) is 6.07 Å². The number of carbonyl (C=O) groups is 1. The van der Waals surface area contributed by atoms with E-state index in [9.17, 15) is 4.79 Å². The van der Waals surface area contributed by atoms with Crippen LogP contribution < -0.4 is 0 Å². The molecule has 0 saturated carbocycles. The second-order valence-electron chi connectivity index (χ2n) is 3.28. The molecule has 1 aromatic carbocycles. The Hall–Kier alpha value is -1.88. The zero-order valence-corrected chi connectivity index (χ0v) is 7.66. The molecule has 1 aromatic rings. The molecule has 0 fully saturated rings. The first-order valence-electron chi connectivity index (χ1n) is 4.54. The SMILES string of the molecule is N#C/C=C1/CCc2ccccc2C1=O. The number of ketones is 1. The number of rotatable bonds is 0. The van der Waals surface area contributed by atoms with Gasteiger partial charge in [-0.25, -0.2) is 0 Å². The molecule has 68 valence electrons. The number of allylic oxidation sites excluding steroid dienone is 2. The first kappa shape index (κ1) is 8.71. The molecule has 1 aliphatic rings. The number of benzene rings is 1. The molecule has 0 aromatic heterocycles. The summed E-state index contributed by atoms with van der Waals surface area (Å²) in [5.74, 6) is 0.00778. The summed E-state index contributed by atoms with van der Waals surface area (Å²) in [6, 6.07) is 9.49. The molecule has 0 amide bonds. The first-order chi connectivity index (χ1) is 6.83. The third-order valence-electron chi connectivity index (χ3n) is 2.46. The van der Waals surface area contributed by atoms with E-state index in [0.717, 1.165) is 17.5 Å². The molecule has 0 aliphatic heterocycles. The largest absolute Gasteiger partial charge is 0.289 e. The van der Waals surface area contributed by atoms with Gasteiger partial charge in [0.25, 0.3) is 0 Å². The molecule has 0 atom stereocenters. The molecule has 1 aliphatic carbocycles. The Morgan fingerprint density at radius 2 is 2.07 bits per heavy atom. The molecular weight excluding hydrogens is 174 g/mol. The summed E-state index contributed by atoms with van der Waals surface area (Å²) in [6.07, 6.45) is 2.90. The minimum Gasteiger partial charge on any atom is -0.289 e. The van der Waals surface area contributed by atoms with Gasteiger partial charge in [0, 0.05) is 17.2 Å². The van der Waals surface area contributed by atoms with E-state index in [1.54, 1.807) is 0 Å². The zero-order valence-electron chi connectivity index (χ0n) is 7.66. The number of fused-ring (bicyclic) bond motifs is 1. The van der Waals surface area contributed by atoms with Gasteiger partial charge < -0.3 is 0 Å². The molecule has 2 nitrogen and oxygen atoms in total. The minimum atomic E-state index is 0.00778. The van der Waals surface area contributed by atoms with E-state index >= 15 is 0 Å². The highest BCUT2D eigenvalue weighted by atomic mass is 16.1. The molecule has 0 saturated heterocycles. The fourth-order valence-electron chi connectivity index (χ4n) is 1.73. The van der Waals surface area contributed by atoms with E-state index in [1.165, 1.54) is 6.08 Å². The maximum absolute atomic E-state index is 11.8. The zero-order chi connectivity index (χ0) is 9.97. The van der Waals surface area contributed by atoms with E-state index in [2.05, 4.69) is 0 Å². The van der Waals surface area contributed by atoms with Crippen LogP contribution in [0.5, 0.6) is 0 Å². The van der Waals surface area contributed by atoms with Gasteiger partial charge in [-0.15, -0.1) is 0 Å². The lowest BCUT2D eigenvalue weighted by molar-refractivity contribution is 0.102. The lowest BCUT2D eigenvalue weighted by atomic mass is 9.87. The molecule has 0 radical (unpaired) electrons. The van der Waals surface area contributed by atoms with Gasteiger partial charge >= 0.3 is 0 Å². The summed E-state index contributed by atoms with van der Waals surface area (Å²) in [5, 5.41) is 8.51. The standard InChI is InChI=1S/C12H9NO/c13-8-7-10-6-5-9-3-1-2-4-11(9)12(10)14/h1-4,7H,5-6H2/b10-7-. The van der Waals surface area contributed by atoms with Crippen LogP contribution in [-0.4, -0.2) is 5.78 Å². The highest BCUT2D eigenvalue weighted by Crippen LogP contribution is 2.24. The second kappa shape index (κ2) is 3.47. The molecule has 0 heterocycles. The molecule has 0 bridgehead atoms. The van der Waals surface area contributed by atoms with Crippen molar-refractivity contribution in [2.24, 2.45) is 0 Å². The van der Waals surface area contributed by atoms with Gasteiger partial charge in [-0.2, -0.15) is 5.26 Å². The van der Waals surface area contributed by atoms with E-state index in [-0.39, 0.29) is 5.78 Å². The van der Waals surface area contributed by atoms with Crippen molar-refractivity contribution in [3.8, 4) is 6.07 Å². The van der Waals surface area contributed by atoms with Gasteiger partial charge in [-0.05, 0) is 18.4 Å². The van der Waals surface area contributed by atoms with Crippen molar-refractivity contribution in [2.75, 3.05) is 0 Å². The Kier molecular flexibility index (Phi) is 2.16. The van der Waals surface area contributed by atoms with Crippen LogP contribution in [0.25, 0.3) is 0 Å². The second-order valence-corrected chi connectivity index (χ2v) is 3.28. The Bertz CT molecular complexity index is 452. The Morgan fingerprint density at radius 1 is 1.29 bits per heavy atom. The summed E-state index contributed by atoms with van der Waals surface area (Å²) in [5.41, 5.74) is 2.47. The van der Waals surface area contributed by atoms with Crippen LogP contribution >= 0.6 is 0 Å². The van der Waals surface area contributed by atoms with E-state index < -0.39 is 0 Å². The fourth-order valence-corrected chi connectivity index (χ4v) is 1.73. The third kappa shape index (κ3) is 1.33. The molecule has 14 heavy (non-hydrogen) atoms. The molecular formula is C12H9NO. The van der Waals surface area contributed by atoms with Gasteiger partial charge in [-0.1, -0.05) is 24.3 Å². The Balaban J connectivity index is 2.48. The number of hydrogen-bond donors (Lipinski definition) is 0. The van der Waals surface area contributed by atoms with Crippen molar-refractivity contribution in [3.05, 3.63) is 47.0 Å². The van der Waals surface area contributed by atoms with Crippen LogP contribution in [-0.2, 0) is 6.42 Å². The van der Waals surface area contributed by atoms with E-state index in [1.807, 2.05) is 30.3 Å². The van der Waals surface area contributed by atoms with E-state index in [4.69, 9.17) is 5.26 Å². The van der Waals surface area contributed by atoms with Gasteiger partial charge in [0.2, 0.25) is 0 Å². The van der Waals surface area contributed by atoms with Crippen LogP contribution in [0.2, 0.25) is 0 Å². The quantitative estimate of drug-likeness (QED) is 0.457. The van der Waals surface area contributed by atoms with Gasteiger partial charge in [0.15, 0.2) is 5.78 Å². The number of carbonyl (C=O) groups excluding carboxylic acids is 1. The van der Waals surface area contributed by atoms with Crippen molar-refractivity contribution in [3.63, 3.8) is 0 Å². The average Bonchev–Trinajstić information content (AvgIpc) is 2.23. The van der Waals surface area contributed by atoms with Crippen LogP contribution in [0, 0.1) is 11.3 Å². The summed E-state index contributed by atoms with van der Waals surface area (Å²) in [7, 11) is 0. The lowest BCUT2D eigenvalue weighted by Crippen LogP contribution is -2.13. The number of nitrogens with zero attached hydrogens (tertiary/aromatic N) is 1. The monoisotopic (exact) mass is 183 g/mol. The van der Waals surface area contributed by atoms with Crippen LogP contribution in [0.15, 0.2) is 35.9 Å². The number of nitriles is 1. The van der Waals surface area contributed by atoms with Crippen molar-refractivity contribution < 1.29 is 4.79 Å².